The number of nitrogens with zero attached hydrogens (tertiary/aromatic N) is 2. The Labute approximate surface area is 169 Å². The number of aryl methyl sites for hydroxylation is 1. The lowest BCUT2D eigenvalue weighted by atomic mass is 10.0. The van der Waals surface area contributed by atoms with E-state index >= 15 is 0 Å². The van der Waals surface area contributed by atoms with Crippen molar-refractivity contribution in [3.8, 4) is 0 Å². The van der Waals surface area contributed by atoms with Gasteiger partial charge in [0.05, 0.1) is 11.1 Å². The van der Waals surface area contributed by atoms with Crippen LogP contribution in [0.5, 0.6) is 0 Å². The van der Waals surface area contributed by atoms with Crippen molar-refractivity contribution in [2.24, 2.45) is 0 Å². The van der Waals surface area contributed by atoms with Gasteiger partial charge in [-0.1, -0.05) is 37.3 Å². The first-order valence-electron chi connectivity index (χ1n) is 9.44. The van der Waals surface area contributed by atoms with E-state index in [9.17, 15) is 14.0 Å². The Morgan fingerprint density at radius 2 is 1.90 bits per heavy atom. The maximum atomic E-state index is 13.3. The van der Waals surface area contributed by atoms with E-state index in [-0.39, 0.29) is 24.9 Å². The average molecular weight is 394 g/mol. The van der Waals surface area contributed by atoms with Crippen molar-refractivity contribution >= 4 is 22.8 Å². The number of halogens is 1. The number of pyridine rings is 1. The lowest BCUT2D eigenvalue weighted by Crippen LogP contribution is -2.31. The van der Waals surface area contributed by atoms with Crippen LogP contribution in [0.3, 0.4) is 0 Å². The number of hydrogen-bond donors (Lipinski definition) is 0. The zero-order valence-corrected chi connectivity index (χ0v) is 16.7. The Morgan fingerprint density at radius 1 is 1.14 bits per heavy atom. The average Bonchev–Trinajstić information content (AvgIpc) is 2.71. The molecule has 0 aliphatic rings. The Balaban J connectivity index is 1.73. The second-order valence-corrected chi connectivity index (χ2v) is 6.89. The van der Waals surface area contributed by atoms with Gasteiger partial charge in [-0.05, 0) is 42.7 Å². The van der Waals surface area contributed by atoms with Gasteiger partial charge in [0.1, 0.15) is 5.82 Å². The van der Waals surface area contributed by atoms with Gasteiger partial charge in [-0.15, -0.1) is 0 Å². The van der Waals surface area contributed by atoms with Gasteiger partial charge in [-0.2, -0.15) is 0 Å². The fourth-order valence-electron chi connectivity index (χ4n) is 3.27. The van der Waals surface area contributed by atoms with Crippen molar-refractivity contribution < 1.29 is 18.7 Å². The van der Waals surface area contributed by atoms with Crippen molar-refractivity contribution in [1.29, 1.82) is 0 Å². The maximum Gasteiger partial charge on any atom is 0.339 e. The molecule has 6 heteroatoms. The van der Waals surface area contributed by atoms with Gasteiger partial charge in [-0.3, -0.25) is 9.78 Å². The summed E-state index contributed by atoms with van der Waals surface area (Å²) in [6.45, 7) is 3.66. The summed E-state index contributed by atoms with van der Waals surface area (Å²) in [5, 5.41) is 0.702. The molecule has 0 fully saturated rings. The van der Waals surface area contributed by atoms with Crippen molar-refractivity contribution in [3.05, 3.63) is 76.7 Å². The SMILES string of the molecule is CCc1nc2ccccc2c(C(=O)OCC(=O)N(C)Cc2cccc(F)c2)c1C. The molecule has 0 spiro atoms. The molecule has 1 amide bonds. The fourth-order valence-corrected chi connectivity index (χ4v) is 3.27. The molecule has 3 aromatic rings. The summed E-state index contributed by atoms with van der Waals surface area (Å²) in [6, 6.07) is 13.4. The van der Waals surface area contributed by atoms with E-state index in [0.29, 0.717) is 22.9 Å². The molecule has 3 rings (SSSR count). The standard InChI is InChI=1S/C23H23FN2O3/c1-4-19-15(2)22(18-10-5-6-11-20(18)25-19)23(28)29-14-21(27)26(3)13-16-8-7-9-17(24)12-16/h5-12H,4,13-14H2,1-3H3. The quantitative estimate of drug-likeness (QED) is 0.592. The first-order valence-corrected chi connectivity index (χ1v) is 9.44. The molecule has 0 aliphatic heterocycles. The fraction of sp³-hybridized carbons (Fsp3) is 0.261. The van der Waals surface area contributed by atoms with E-state index in [0.717, 1.165) is 16.8 Å². The van der Waals surface area contributed by atoms with Crippen molar-refractivity contribution in [2.45, 2.75) is 26.8 Å². The van der Waals surface area contributed by atoms with Crippen LogP contribution in [0.25, 0.3) is 10.9 Å². The van der Waals surface area contributed by atoms with Gasteiger partial charge in [0, 0.05) is 24.7 Å². The van der Waals surface area contributed by atoms with Crippen LogP contribution in [0, 0.1) is 12.7 Å². The molecular weight excluding hydrogens is 371 g/mol. The minimum absolute atomic E-state index is 0.228. The van der Waals surface area contributed by atoms with Crippen LogP contribution < -0.4 is 0 Å². The van der Waals surface area contributed by atoms with E-state index < -0.39 is 5.97 Å². The molecule has 0 bridgehead atoms. The smallest absolute Gasteiger partial charge is 0.339 e. The minimum atomic E-state index is -0.552. The maximum absolute atomic E-state index is 13.3. The monoisotopic (exact) mass is 394 g/mol. The lowest BCUT2D eigenvalue weighted by Gasteiger charge is -2.18. The largest absolute Gasteiger partial charge is 0.452 e. The van der Waals surface area contributed by atoms with Gasteiger partial charge < -0.3 is 9.64 Å². The Hall–Kier alpha value is -3.28. The molecule has 5 nitrogen and oxygen atoms in total. The second-order valence-electron chi connectivity index (χ2n) is 6.89. The molecule has 29 heavy (non-hydrogen) atoms. The second kappa shape index (κ2) is 8.82. The topological polar surface area (TPSA) is 59.5 Å². The minimum Gasteiger partial charge on any atom is -0.452 e. The third kappa shape index (κ3) is 4.59. The number of fused-ring (bicyclic) bond motifs is 1. The van der Waals surface area contributed by atoms with Crippen LogP contribution in [0.2, 0.25) is 0 Å². The highest BCUT2D eigenvalue weighted by molar-refractivity contribution is 6.05. The normalized spacial score (nSPS) is 10.8. The number of ether oxygens (including phenoxy) is 1. The zero-order valence-electron chi connectivity index (χ0n) is 16.7. The van der Waals surface area contributed by atoms with E-state index in [1.807, 2.05) is 38.1 Å². The molecule has 1 aromatic heterocycles. The molecule has 0 atom stereocenters. The van der Waals surface area contributed by atoms with Gasteiger partial charge in [0.2, 0.25) is 0 Å². The van der Waals surface area contributed by atoms with E-state index in [4.69, 9.17) is 4.74 Å². The van der Waals surface area contributed by atoms with Crippen molar-refractivity contribution in [3.63, 3.8) is 0 Å². The number of amides is 1. The third-order valence-electron chi connectivity index (χ3n) is 4.84. The van der Waals surface area contributed by atoms with E-state index in [2.05, 4.69) is 4.98 Å². The summed E-state index contributed by atoms with van der Waals surface area (Å²) in [5.74, 6) is -1.28. The van der Waals surface area contributed by atoms with Crippen LogP contribution in [0.1, 0.15) is 34.1 Å². The van der Waals surface area contributed by atoms with Crippen molar-refractivity contribution in [2.75, 3.05) is 13.7 Å². The number of likely N-dealkylation sites (N-methyl/N-ethyl adjacent to an activating group) is 1. The molecule has 0 saturated carbocycles. The number of hydrogen-bond acceptors (Lipinski definition) is 4. The molecule has 150 valence electrons. The number of rotatable bonds is 6. The van der Waals surface area contributed by atoms with Crippen LogP contribution in [-0.4, -0.2) is 35.4 Å². The lowest BCUT2D eigenvalue weighted by molar-refractivity contribution is -0.133. The summed E-state index contributed by atoms with van der Waals surface area (Å²) in [7, 11) is 1.59. The molecule has 0 N–H and O–H groups in total. The van der Waals surface area contributed by atoms with E-state index in [1.54, 1.807) is 19.2 Å². The predicted octanol–water partition coefficient (Wildman–Crippen LogP) is 4.06. The molecular formula is C23H23FN2O3. The van der Waals surface area contributed by atoms with Gasteiger partial charge in [0.15, 0.2) is 6.61 Å². The number of carbonyl (C=O) groups is 2. The van der Waals surface area contributed by atoms with Crippen LogP contribution in [-0.2, 0) is 22.5 Å². The van der Waals surface area contributed by atoms with Gasteiger partial charge >= 0.3 is 5.97 Å². The Morgan fingerprint density at radius 3 is 2.62 bits per heavy atom. The summed E-state index contributed by atoms with van der Waals surface area (Å²) >= 11 is 0. The first-order chi connectivity index (χ1) is 13.9. The highest BCUT2D eigenvalue weighted by atomic mass is 19.1. The first kappa shape index (κ1) is 20.5. The number of esters is 1. The molecule has 1 heterocycles. The Kier molecular flexibility index (Phi) is 6.22. The van der Waals surface area contributed by atoms with E-state index in [1.165, 1.54) is 17.0 Å². The molecule has 0 aliphatic carbocycles. The number of benzene rings is 2. The molecule has 0 radical (unpaired) electrons. The Bertz CT molecular complexity index is 1070. The number of para-hydroxylation sites is 1. The highest BCUT2D eigenvalue weighted by Gasteiger charge is 2.20. The van der Waals surface area contributed by atoms with Gasteiger partial charge in [0.25, 0.3) is 5.91 Å². The predicted molar refractivity (Wildman–Crippen MR) is 109 cm³/mol. The van der Waals surface area contributed by atoms with Gasteiger partial charge in [-0.25, -0.2) is 9.18 Å². The highest BCUT2D eigenvalue weighted by Crippen LogP contribution is 2.24. The number of aromatic nitrogens is 1. The van der Waals surface area contributed by atoms with Crippen LogP contribution in [0.15, 0.2) is 48.5 Å². The van der Waals surface area contributed by atoms with Crippen molar-refractivity contribution in [1.82, 2.24) is 9.88 Å². The third-order valence-corrected chi connectivity index (χ3v) is 4.84. The zero-order chi connectivity index (χ0) is 21.0. The molecule has 2 aromatic carbocycles. The van der Waals surface area contributed by atoms with Crippen LogP contribution in [0.4, 0.5) is 4.39 Å². The number of carbonyl (C=O) groups excluding carboxylic acids is 2. The summed E-state index contributed by atoms with van der Waals surface area (Å²) < 4.78 is 18.6. The molecule has 0 saturated heterocycles. The molecule has 0 unspecified atom stereocenters. The summed E-state index contributed by atoms with van der Waals surface area (Å²) in [6.07, 6.45) is 0.687. The summed E-state index contributed by atoms with van der Waals surface area (Å²) in [4.78, 5) is 31.2. The summed E-state index contributed by atoms with van der Waals surface area (Å²) in [5.41, 5.74) is 3.40. The van der Waals surface area contributed by atoms with Crippen LogP contribution >= 0.6 is 0 Å².